The highest BCUT2D eigenvalue weighted by Gasteiger charge is 2.09. The third kappa shape index (κ3) is 3.32. The highest BCUT2D eigenvalue weighted by atomic mass is 79.9. The van der Waals surface area contributed by atoms with Crippen molar-refractivity contribution in [1.82, 2.24) is 0 Å². The first-order valence-corrected chi connectivity index (χ1v) is 7.28. The Labute approximate surface area is 131 Å². The lowest BCUT2D eigenvalue weighted by Crippen LogP contribution is -2.12. The van der Waals surface area contributed by atoms with Crippen LogP contribution < -0.4 is 10.5 Å². The number of nitrogen functional groups attached to an aromatic ring is 1. The fourth-order valence-electron chi connectivity index (χ4n) is 1.81. The largest absolute Gasteiger partial charge is 0.457 e. The number of amidine groups is 1. The Hall–Kier alpha value is -1.52. The molecule has 3 nitrogen and oxygen atoms in total. The second-order valence-corrected chi connectivity index (χ2v) is 5.59. The monoisotopic (exact) mass is 352 g/mol. The quantitative estimate of drug-likeness (QED) is 0.616. The van der Waals surface area contributed by atoms with Gasteiger partial charge in [-0.05, 0) is 48.4 Å². The maximum atomic E-state index is 7.61. The molecule has 0 bridgehead atoms. The topological polar surface area (TPSA) is 59.1 Å². The summed E-state index contributed by atoms with van der Waals surface area (Å²) < 4.78 is 6.67. The Morgan fingerprint density at radius 1 is 1.30 bits per heavy atom. The molecular weight excluding hydrogens is 340 g/mol. The summed E-state index contributed by atoms with van der Waals surface area (Å²) in [6, 6.07) is 10.9. The van der Waals surface area contributed by atoms with E-state index in [1.807, 2.05) is 25.1 Å². The number of benzene rings is 2. The van der Waals surface area contributed by atoms with Crippen molar-refractivity contribution in [1.29, 1.82) is 5.41 Å². The zero-order valence-corrected chi connectivity index (χ0v) is 13.3. The van der Waals surface area contributed by atoms with Crippen LogP contribution in [-0.4, -0.2) is 5.84 Å². The van der Waals surface area contributed by atoms with Gasteiger partial charge in [0, 0.05) is 9.50 Å². The highest BCUT2D eigenvalue weighted by Crippen LogP contribution is 2.30. The van der Waals surface area contributed by atoms with Gasteiger partial charge >= 0.3 is 0 Å². The number of nitrogens with two attached hydrogens (primary N) is 1. The van der Waals surface area contributed by atoms with Crippen LogP contribution in [0.1, 0.15) is 18.1 Å². The summed E-state index contributed by atoms with van der Waals surface area (Å²) in [5, 5.41) is 8.33. The lowest BCUT2D eigenvalue weighted by atomic mass is 10.1. The second kappa shape index (κ2) is 6.29. The molecular formula is C15H14BrClN2O. The fraction of sp³-hybridized carbons (Fsp3) is 0.133. The van der Waals surface area contributed by atoms with Crippen LogP contribution >= 0.6 is 27.5 Å². The Morgan fingerprint density at radius 2 is 2.05 bits per heavy atom. The molecule has 0 unspecified atom stereocenters. The van der Waals surface area contributed by atoms with E-state index in [9.17, 15) is 0 Å². The third-order valence-corrected chi connectivity index (χ3v) is 3.72. The molecule has 0 saturated heterocycles. The van der Waals surface area contributed by atoms with E-state index in [-0.39, 0.29) is 5.84 Å². The molecule has 0 radical (unpaired) electrons. The molecule has 0 fully saturated rings. The number of rotatable bonds is 4. The van der Waals surface area contributed by atoms with Crippen LogP contribution in [-0.2, 0) is 6.42 Å². The van der Waals surface area contributed by atoms with Gasteiger partial charge in [-0.2, -0.15) is 0 Å². The number of aryl methyl sites for hydroxylation is 1. The Balaban J connectivity index is 2.37. The van der Waals surface area contributed by atoms with E-state index in [1.165, 1.54) is 0 Å². The molecule has 0 saturated carbocycles. The normalized spacial score (nSPS) is 10.3. The van der Waals surface area contributed by atoms with Gasteiger partial charge in [0.05, 0.1) is 5.56 Å². The van der Waals surface area contributed by atoms with Gasteiger partial charge in [-0.25, -0.2) is 0 Å². The van der Waals surface area contributed by atoms with E-state index >= 15 is 0 Å². The molecule has 0 aromatic heterocycles. The second-order valence-electron chi connectivity index (χ2n) is 4.26. The molecule has 0 aliphatic carbocycles. The SMILES string of the molecule is CCc1cc(Oc2ccc(Br)cc2C(=N)N)ccc1Cl. The van der Waals surface area contributed by atoms with E-state index < -0.39 is 0 Å². The number of hydrogen-bond acceptors (Lipinski definition) is 2. The zero-order chi connectivity index (χ0) is 14.7. The van der Waals surface area contributed by atoms with Gasteiger partial charge in [0.15, 0.2) is 0 Å². The third-order valence-electron chi connectivity index (χ3n) is 2.86. The highest BCUT2D eigenvalue weighted by molar-refractivity contribution is 9.10. The van der Waals surface area contributed by atoms with Crippen molar-refractivity contribution in [2.24, 2.45) is 5.73 Å². The zero-order valence-electron chi connectivity index (χ0n) is 10.9. The standard InChI is InChI=1S/C15H14BrClN2O/c1-2-9-7-11(4-5-13(9)17)20-14-6-3-10(16)8-12(14)15(18)19/h3-8H,2H2,1H3,(H3,18,19). The number of halogens is 2. The molecule has 104 valence electrons. The molecule has 0 aliphatic rings. The minimum Gasteiger partial charge on any atom is -0.457 e. The number of nitrogens with one attached hydrogen (secondary N) is 1. The first-order chi connectivity index (χ1) is 9.51. The van der Waals surface area contributed by atoms with Crippen LogP contribution in [0.15, 0.2) is 40.9 Å². The van der Waals surface area contributed by atoms with E-state index in [0.717, 1.165) is 21.5 Å². The molecule has 0 amide bonds. The lowest BCUT2D eigenvalue weighted by Gasteiger charge is -2.12. The van der Waals surface area contributed by atoms with E-state index in [1.54, 1.807) is 18.2 Å². The van der Waals surface area contributed by atoms with Crippen molar-refractivity contribution in [2.75, 3.05) is 0 Å². The summed E-state index contributed by atoms with van der Waals surface area (Å²) >= 11 is 9.44. The van der Waals surface area contributed by atoms with Crippen LogP contribution in [0.3, 0.4) is 0 Å². The number of ether oxygens (including phenoxy) is 1. The van der Waals surface area contributed by atoms with Crippen molar-refractivity contribution in [2.45, 2.75) is 13.3 Å². The average molecular weight is 354 g/mol. The van der Waals surface area contributed by atoms with Gasteiger partial charge in [-0.15, -0.1) is 0 Å². The van der Waals surface area contributed by atoms with Crippen LogP contribution in [0.2, 0.25) is 5.02 Å². The number of hydrogen-bond donors (Lipinski definition) is 2. The van der Waals surface area contributed by atoms with Gasteiger partial charge in [0.1, 0.15) is 17.3 Å². The van der Waals surface area contributed by atoms with Gasteiger partial charge in [0.25, 0.3) is 0 Å². The molecule has 0 spiro atoms. The summed E-state index contributed by atoms with van der Waals surface area (Å²) in [5.74, 6) is 1.19. The molecule has 0 heterocycles. The summed E-state index contributed by atoms with van der Waals surface area (Å²) in [6.07, 6.45) is 0.829. The molecule has 5 heteroatoms. The fourth-order valence-corrected chi connectivity index (χ4v) is 2.43. The Kier molecular flexibility index (Phi) is 4.68. The van der Waals surface area contributed by atoms with Crippen LogP contribution in [0.25, 0.3) is 0 Å². The molecule has 3 N–H and O–H groups in total. The summed E-state index contributed by atoms with van der Waals surface area (Å²) in [7, 11) is 0. The van der Waals surface area contributed by atoms with Crippen molar-refractivity contribution in [3.63, 3.8) is 0 Å². The summed E-state index contributed by atoms with van der Waals surface area (Å²) in [5.41, 5.74) is 7.15. The first kappa shape index (κ1) is 14.9. The van der Waals surface area contributed by atoms with E-state index in [4.69, 9.17) is 27.5 Å². The van der Waals surface area contributed by atoms with Gasteiger partial charge < -0.3 is 10.5 Å². The summed E-state index contributed by atoms with van der Waals surface area (Å²) in [6.45, 7) is 2.03. The van der Waals surface area contributed by atoms with Crippen LogP contribution in [0.4, 0.5) is 0 Å². The predicted octanol–water partition coefficient (Wildman–Crippen LogP) is 4.74. The molecule has 0 atom stereocenters. The van der Waals surface area contributed by atoms with Crippen molar-refractivity contribution in [3.8, 4) is 11.5 Å². The van der Waals surface area contributed by atoms with Crippen molar-refractivity contribution in [3.05, 3.63) is 57.0 Å². The molecule has 2 aromatic carbocycles. The van der Waals surface area contributed by atoms with E-state index in [2.05, 4.69) is 15.9 Å². The van der Waals surface area contributed by atoms with Crippen LogP contribution in [0, 0.1) is 5.41 Å². The van der Waals surface area contributed by atoms with Crippen molar-refractivity contribution < 1.29 is 4.74 Å². The van der Waals surface area contributed by atoms with Gasteiger partial charge in [-0.1, -0.05) is 34.5 Å². The smallest absolute Gasteiger partial charge is 0.138 e. The Bertz CT molecular complexity index is 658. The maximum Gasteiger partial charge on any atom is 0.138 e. The Morgan fingerprint density at radius 3 is 2.70 bits per heavy atom. The maximum absolute atomic E-state index is 7.61. The predicted molar refractivity (Wildman–Crippen MR) is 86.1 cm³/mol. The molecule has 0 aliphatic heterocycles. The van der Waals surface area contributed by atoms with Crippen molar-refractivity contribution >= 4 is 33.4 Å². The van der Waals surface area contributed by atoms with Gasteiger partial charge in [0.2, 0.25) is 0 Å². The molecule has 2 rings (SSSR count). The first-order valence-electron chi connectivity index (χ1n) is 6.11. The van der Waals surface area contributed by atoms with Gasteiger partial charge in [-0.3, -0.25) is 5.41 Å². The lowest BCUT2D eigenvalue weighted by molar-refractivity contribution is 0.481. The average Bonchev–Trinajstić information content (AvgIpc) is 2.42. The minimum absolute atomic E-state index is 0.0361. The molecule has 2 aromatic rings. The summed E-state index contributed by atoms with van der Waals surface area (Å²) in [4.78, 5) is 0. The molecule has 20 heavy (non-hydrogen) atoms. The van der Waals surface area contributed by atoms with Crippen LogP contribution in [0.5, 0.6) is 11.5 Å². The minimum atomic E-state index is -0.0361. The van der Waals surface area contributed by atoms with E-state index in [0.29, 0.717) is 17.1 Å².